The van der Waals surface area contributed by atoms with Crippen LogP contribution in [0.5, 0.6) is 0 Å². The summed E-state index contributed by atoms with van der Waals surface area (Å²) < 4.78 is 21.0. The molecule has 8 heteroatoms. The third-order valence-corrected chi connectivity index (χ3v) is 6.49. The number of hydrogen-bond acceptors (Lipinski definition) is 5. The van der Waals surface area contributed by atoms with Crippen molar-refractivity contribution >= 4 is 40.0 Å². The molecule has 2 aliphatic rings. The lowest BCUT2D eigenvalue weighted by Crippen LogP contribution is -2.40. The van der Waals surface area contributed by atoms with E-state index in [2.05, 4.69) is 9.97 Å². The lowest BCUT2D eigenvalue weighted by Gasteiger charge is -2.32. The third kappa shape index (κ3) is 3.35. The summed E-state index contributed by atoms with van der Waals surface area (Å²) in [6.45, 7) is 7.97. The van der Waals surface area contributed by atoms with Gasteiger partial charge < -0.3 is 10.5 Å². The molecule has 3 aromatic rings. The van der Waals surface area contributed by atoms with Gasteiger partial charge in [0.05, 0.1) is 16.4 Å². The molecule has 0 saturated heterocycles. The van der Waals surface area contributed by atoms with Crippen LogP contribution in [0.25, 0.3) is 21.9 Å². The molecular weight excluding hydrogens is 431 g/mol. The normalized spacial score (nSPS) is 19.5. The molecule has 1 aromatic carbocycles. The summed E-state index contributed by atoms with van der Waals surface area (Å²) in [5.41, 5.74) is 8.43. The first-order valence-electron chi connectivity index (χ1n) is 10.6. The molecule has 6 nitrogen and oxygen atoms in total. The van der Waals surface area contributed by atoms with Crippen LogP contribution in [0.1, 0.15) is 44.4 Å². The topological polar surface area (TPSA) is 81.3 Å². The maximum absolute atomic E-state index is 15.4. The quantitative estimate of drug-likeness (QED) is 0.499. The molecule has 1 amide bonds. The van der Waals surface area contributed by atoms with Crippen molar-refractivity contribution in [1.82, 2.24) is 9.97 Å². The number of carbonyl (C=O) groups excluding carboxylic acids is 1. The van der Waals surface area contributed by atoms with Crippen molar-refractivity contribution in [2.24, 2.45) is 5.92 Å². The van der Waals surface area contributed by atoms with Crippen LogP contribution in [0.15, 0.2) is 24.5 Å². The van der Waals surface area contributed by atoms with Gasteiger partial charge in [-0.3, -0.25) is 9.88 Å². The second kappa shape index (κ2) is 7.04. The minimum absolute atomic E-state index is 0.0200. The number of nitrogen functional groups attached to an aromatic ring is 1. The summed E-state index contributed by atoms with van der Waals surface area (Å²) in [5, 5.41) is 1.15. The van der Waals surface area contributed by atoms with E-state index in [0.717, 1.165) is 17.7 Å². The zero-order chi connectivity index (χ0) is 22.9. The minimum atomic E-state index is -0.622. The van der Waals surface area contributed by atoms with Gasteiger partial charge in [-0.1, -0.05) is 11.6 Å². The Morgan fingerprint density at radius 3 is 2.72 bits per heavy atom. The Morgan fingerprint density at radius 2 is 2.00 bits per heavy atom. The maximum atomic E-state index is 15.4. The van der Waals surface area contributed by atoms with Crippen molar-refractivity contribution in [2.75, 3.05) is 17.2 Å². The third-order valence-electron chi connectivity index (χ3n) is 6.12. The van der Waals surface area contributed by atoms with E-state index in [9.17, 15) is 4.79 Å². The second-order valence-electron chi connectivity index (χ2n) is 9.61. The average Bonchev–Trinajstić information content (AvgIpc) is 3.49. The van der Waals surface area contributed by atoms with Gasteiger partial charge in [0.1, 0.15) is 17.2 Å². The van der Waals surface area contributed by atoms with E-state index in [1.165, 1.54) is 6.20 Å². The first kappa shape index (κ1) is 20.9. The number of benzene rings is 1. The summed E-state index contributed by atoms with van der Waals surface area (Å²) in [7, 11) is 0. The smallest absolute Gasteiger partial charge is 0.414 e. The van der Waals surface area contributed by atoms with Gasteiger partial charge in [0.25, 0.3) is 0 Å². The minimum Gasteiger partial charge on any atom is -0.443 e. The van der Waals surface area contributed by atoms with Crippen LogP contribution in [0.4, 0.5) is 20.7 Å². The van der Waals surface area contributed by atoms with Gasteiger partial charge in [-0.25, -0.2) is 14.2 Å². The van der Waals surface area contributed by atoms with Crippen LogP contribution in [0.3, 0.4) is 0 Å². The molecule has 0 radical (unpaired) electrons. The predicted molar refractivity (Wildman–Crippen MR) is 124 cm³/mol. The Balaban J connectivity index is 1.68. The number of pyridine rings is 2. The Kier molecular flexibility index (Phi) is 4.60. The highest BCUT2D eigenvalue weighted by molar-refractivity contribution is 6.36. The summed E-state index contributed by atoms with van der Waals surface area (Å²) in [6.07, 6.45) is 3.71. The van der Waals surface area contributed by atoms with Crippen molar-refractivity contribution in [1.29, 1.82) is 0 Å². The average molecular weight is 455 g/mol. The van der Waals surface area contributed by atoms with E-state index >= 15 is 4.39 Å². The first-order valence-corrected chi connectivity index (χ1v) is 11.0. The summed E-state index contributed by atoms with van der Waals surface area (Å²) in [4.78, 5) is 23.4. The van der Waals surface area contributed by atoms with Gasteiger partial charge >= 0.3 is 6.09 Å². The lowest BCUT2D eigenvalue weighted by atomic mass is 9.95. The summed E-state index contributed by atoms with van der Waals surface area (Å²) in [6, 6.07) is 3.36. The highest BCUT2D eigenvalue weighted by Gasteiger charge is 2.49. The molecule has 1 aliphatic carbocycles. The Bertz CT molecular complexity index is 1290. The van der Waals surface area contributed by atoms with Crippen molar-refractivity contribution in [3.63, 3.8) is 0 Å². The Hall–Kier alpha value is -2.93. The molecule has 2 atom stereocenters. The highest BCUT2D eigenvalue weighted by atomic mass is 35.5. The molecule has 1 aliphatic heterocycles. The number of aromatic nitrogens is 2. The van der Waals surface area contributed by atoms with E-state index < -0.39 is 17.5 Å². The number of nitrogens with zero attached hydrogens (tertiary/aromatic N) is 3. The largest absolute Gasteiger partial charge is 0.443 e. The number of hydrogen-bond donors (Lipinski definition) is 1. The van der Waals surface area contributed by atoms with Crippen molar-refractivity contribution in [3.05, 3.63) is 46.6 Å². The number of fused-ring (bicyclic) bond motifs is 4. The van der Waals surface area contributed by atoms with Gasteiger partial charge in [-0.15, -0.1) is 0 Å². The maximum Gasteiger partial charge on any atom is 0.414 e. The monoisotopic (exact) mass is 454 g/mol. The first-order chi connectivity index (χ1) is 15.0. The molecule has 2 unspecified atom stereocenters. The Labute approximate surface area is 190 Å². The molecule has 3 heterocycles. The molecule has 32 heavy (non-hydrogen) atoms. The van der Waals surface area contributed by atoms with Crippen LogP contribution < -0.4 is 10.6 Å². The van der Waals surface area contributed by atoms with Gasteiger partial charge in [0.2, 0.25) is 0 Å². The predicted octanol–water partition coefficient (Wildman–Crippen LogP) is 5.84. The number of anilines is 2. The van der Waals surface area contributed by atoms with Gasteiger partial charge in [0, 0.05) is 41.4 Å². The summed E-state index contributed by atoms with van der Waals surface area (Å²) >= 11 is 6.35. The number of carbonyl (C=O) groups is 1. The lowest BCUT2D eigenvalue weighted by molar-refractivity contribution is 0.0576. The molecule has 166 valence electrons. The van der Waals surface area contributed by atoms with Crippen LogP contribution in [0.2, 0.25) is 5.02 Å². The SMILES string of the molecule is Cc1c(-c2cc3cc(N)ncc3c(Cl)c2F)cnc2c1N(C(=O)OC(C)(C)C)CC1CC21. The molecule has 0 bridgehead atoms. The van der Waals surface area contributed by atoms with Crippen LogP contribution >= 0.6 is 11.6 Å². The van der Waals surface area contributed by atoms with E-state index in [4.69, 9.17) is 22.1 Å². The fourth-order valence-electron chi connectivity index (χ4n) is 4.53. The zero-order valence-corrected chi connectivity index (χ0v) is 19.1. The van der Waals surface area contributed by atoms with E-state index in [-0.39, 0.29) is 5.02 Å². The number of amides is 1. The van der Waals surface area contributed by atoms with Crippen molar-refractivity contribution < 1.29 is 13.9 Å². The molecule has 1 saturated carbocycles. The van der Waals surface area contributed by atoms with Crippen LogP contribution in [-0.4, -0.2) is 28.2 Å². The highest BCUT2D eigenvalue weighted by Crippen LogP contribution is 2.55. The molecule has 2 N–H and O–H groups in total. The number of ether oxygens (including phenoxy) is 1. The standard InChI is InChI=1S/C24H24ClFN4O2/c1-11-16(15-5-12-7-18(27)28-9-17(12)19(25)20(15)26)8-29-21-14-6-13(14)10-30(22(11)21)23(31)32-24(2,3)4/h5,7-9,13-14H,6,10H2,1-4H3,(H2,27,28). The number of rotatable bonds is 1. The fourth-order valence-corrected chi connectivity index (χ4v) is 4.79. The van der Waals surface area contributed by atoms with Crippen LogP contribution in [-0.2, 0) is 4.74 Å². The number of halogens is 2. The van der Waals surface area contributed by atoms with Crippen LogP contribution in [0, 0.1) is 18.7 Å². The van der Waals surface area contributed by atoms with E-state index in [0.29, 0.717) is 51.8 Å². The van der Waals surface area contributed by atoms with E-state index in [1.54, 1.807) is 23.2 Å². The molecule has 5 rings (SSSR count). The fraction of sp³-hybridized carbons (Fsp3) is 0.375. The second-order valence-corrected chi connectivity index (χ2v) is 9.98. The Morgan fingerprint density at radius 1 is 1.25 bits per heavy atom. The zero-order valence-electron chi connectivity index (χ0n) is 18.4. The van der Waals surface area contributed by atoms with Crippen molar-refractivity contribution in [3.8, 4) is 11.1 Å². The van der Waals surface area contributed by atoms with Gasteiger partial charge in [-0.05, 0) is 63.1 Å². The van der Waals surface area contributed by atoms with Crippen molar-refractivity contribution in [2.45, 2.75) is 45.6 Å². The van der Waals surface area contributed by atoms with E-state index in [1.807, 2.05) is 27.7 Å². The molecule has 2 aromatic heterocycles. The molecule has 1 fully saturated rings. The van der Waals surface area contributed by atoms with Gasteiger partial charge in [-0.2, -0.15) is 0 Å². The summed E-state index contributed by atoms with van der Waals surface area (Å²) in [5.74, 6) is 0.476. The molecular formula is C24H24ClFN4O2. The molecule has 0 spiro atoms. The van der Waals surface area contributed by atoms with Gasteiger partial charge in [0.15, 0.2) is 0 Å². The number of nitrogens with two attached hydrogens (primary N) is 1.